The quantitative estimate of drug-likeness (QED) is 0.720. The van der Waals surface area contributed by atoms with Gasteiger partial charge in [-0.15, -0.1) is 0 Å². The second-order valence-corrected chi connectivity index (χ2v) is 2.85. The van der Waals surface area contributed by atoms with Gasteiger partial charge >= 0.3 is 0 Å². The van der Waals surface area contributed by atoms with Crippen molar-refractivity contribution in [1.82, 2.24) is 4.98 Å². The number of rotatable bonds is 3. The van der Waals surface area contributed by atoms with Gasteiger partial charge in [0.25, 0.3) is 0 Å². The molecule has 0 aliphatic heterocycles. The fourth-order valence-electron chi connectivity index (χ4n) is 0.626. The van der Waals surface area contributed by atoms with Gasteiger partial charge in [-0.05, 0) is 22.0 Å². The molecule has 0 N–H and O–H groups in total. The summed E-state index contributed by atoms with van der Waals surface area (Å²) in [6.45, 7) is 4.05. The zero-order valence-electron chi connectivity index (χ0n) is 5.96. The minimum Gasteiger partial charge on any atom is -0.488 e. The maximum absolute atomic E-state index is 5.23. The highest BCUT2D eigenvalue weighted by atomic mass is 79.9. The van der Waals surface area contributed by atoms with E-state index in [-0.39, 0.29) is 0 Å². The second kappa shape index (κ2) is 4.13. The molecule has 1 rings (SSSR count). The molecule has 3 heteroatoms. The molecule has 0 aliphatic rings. The number of aromatic nitrogens is 1. The van der Waals surface area contributed by atoms with Crippen LogP contribution in [0.2, 0.25) is 0 Å². The van der Waals surface area contributed by atoms with E-state index in [2.05, 4.69) is 27.5 Å². The highest BCUT2D eigenvalue weighted by Crippen LogP contribution is 2.15. The van der Waals surface area contributed by atoms with Crippen molar-refractivity contribution in [2.45, 2.75) is 0 Å². The molecule has 0 aliphatic carbocycles. The van der Waals surface area contributed by atoms with Gasteiger partial charge in [0, 0.05) is 10.7 Å². The topological polar surface area (TPSA) is 22.1 Å². The van der Waals surface area contributed by atoms with E-state index in [1.165, 1.54) is 0 Å². The number of hydrogen-bond acceptors (Lipinski definition) is 2. The van der Waals surface area contributed by atoms with Gasteiger partial charge in [0.2, 0.25) is 0 Å². The van der Waals surface area contributed by atoms with E-state index in [0.29, 0.717) is 6.61 Å². The summed E-state index contributed by atoms with van der Waals surface area (Å²) in [5.41, 5.74) is 0. The lowest BCUT2D eigenvalue weighted by atomic mass is 10.5. The summed E-state index contributed by atoms with van der Waals surface area (Å²) in [6.07, 6.45) is 5.07. The Morgan fingerprint density at radius 3 is 3.09 bits per heavy atom. The van der Waals surface area contributed by atoms with E-state index in [1.807, 2.05) is 6.07 Å². The number of ether oxygens (including phenoxy) is 1. The van der Waals surface area contributed by atoms with Crippen molar-refractivity contribution in [2.24, 2.45) is 0 Å². The molecule has 2 nitrogen and oxygen atoms in total. The summed E-state index contributed by atoms with van der Waals surface area (Å²) >= 11 is 3.29. The van der Waals surface area contributed by atoms with Crippen LogP contribution in [0.25, 0.3) is 0 Å². The van der Waals surface area contributed by atoms with Crippen LogP contribution in [-0.4, -0.2) is 11.6 Å². The van der Waals surface area contributed by atoms with Crippen molar-refractivity contribution in [2.75, 3.05) is 6.61 Å². The highest BCUT2D eigenvalue weighted by molar-refractivity contribution is 9.10. The molecule has 0 aromatic carbocycles. The van der Waals surface area contributed by atoms with Crippen molar-refractivity contribution in [1.29, 1.82) is 0 Å². The zero-order valence-corrected chi connectivity index (χ0v) is 7.54. The number of halogens is 1. The van der Waals surface area contributed by atoms with Gasteiger partial charge in [0.15, 0.2) is 0 Å². The van der Waals surface area contributed by atoms with Gasteiger partial charge in [0.1, 0.15) is 12.4 Å². The van der Waals surface area contributed by atoms with E-state index in [9.17, 15) is 0 Å². The first-order valence-corrected chi connectivity index (χ1v) is 3.96. The van der Waals surface area contributed by atoms with Crippen molar-refractivity contribution in [3.8, 4) is 5.75 Å². The summed E-state index contributed by atoms with van der Waals surface area (Å²) in [7, 11) is 0. The predicted molar refractivity (Wildman–Crippen MR) is 47.6 cm³/mol. The van der Waals surface area contributed by atoms with E-state index < -0.39 is 0 Å². The van der Waals surface area contributed by atoms with Gasteiger partial charge < -0.3 is 4.74 Å². The average molecular weight is 214 g/mol. The predicted octanol–water partition coefficient (Wildman–Crippen LogP) is 2.41. The number of nitrogens with zero attached hydrogens (tertiary/aromatic N) is 1. The maximum atomic E-state index is 5.23. The molecule has 1 aromatic rings. The molecule has 0 bridgehead atoms. The first-order valence-electron chi connectivity index (χ1n) is 3.17. The molecule has 0 amide bonds. The molecule has 0 unspecified atom stereocenters. The van der Waals surface area contributed by atoms with Gasteiger partial charge in [-0.1, -0.05) is 12.7 Å². The first kappa shape index (κ1) is 8.27. The number of pyridine rings is 1. The third-order valence-electron chi connectivity index (χ3n) is 1.05. The molecule has 1 aromatic heterocycles. The minimum atomic E-state index is 0.512. The van der Waals surface area contributed by atoms with Crippen LogP contribution in [0.3, 0.4) is 0 Å². The average Bonchev–Trinajstić information content (AvgIpc) is 2.01. The Labute approximate surface area is 74.0 Å². The molecule has 0 atom stereocenters. The molecule has 1 heterocycles. The summed E-state index contributed by atoms with van der Waals surface area (Å²) in [4.78, 5) is 3.93. The SMILES string of the molecule is C=CCOc1cncc(Br)c1. The normalized spacial score (nSPS) is 9.18. The second-order valence-electron chi connectivity index (χ2n) is 1.94. The molecule has 0 saturated heterocycles. The fourth-order valence-corrected chi connectivity index (χ4v) is 0.970. The summed E-state index contributed by atoms with van der Waals surface area (Å²) < 4.78 is 6.14. The third-order valence-corrected chi connectivity index (χ3v) is 1.48. The summed E-state index contributed by atoms with van der Waals surface area (Å²) in [6, 6.07) is 1.86. The molecule has 58 valence electrons. The van der Waals surface area contributed by atoms with Crippen LogP contribution in [0, 0.1) is 0 Å². The Bertz CT molecular complexity index is 250. The fraction of sp³-hybridized carbons (Fsp3) is 0.125. The molecule has 0 fully saturated rings. The Balaban J connectivity index is 2.63. The Morgan fingerprint density at radius 1 is 1.64 bits per heavy atom. The van der Waals surface area contributed by atoms with Gasteiger partial charge in [0.05, 0.1) is 6.20 Å². The smallest absolute Gasteiger partial charge is 0.139 e. The standard InChI is InChI=1S/C8H8BrNO/c1-2-3-11-8-4-7(9)5-10-6-8/h2,4-6H,1,3H2. The Morgan fingerprint density at radius 2 is 2.45 bits per heavy atom. The first-order chi connectivity index (χ1) is 5.33. The van der Waals surface area contributed by atoms with Gasteiger partial charge in [-0.3, -0.25) is 4.98 Å². The molecular formula is C8H8BrNO. The van der Waals surface area contributed by atoms with Crippen molar-refractivity contribution in [3.05, 3.63) is 35.6 Å². The van der Waals surface area contributed by atoms with Gasteiger partial charge in [-0.25, -0.2) is 0 Å². The Hall–Kier alpha value is -0.830. The summed E-state index contributed by atoms with van der Waals surface area (Å²) in [5.74, 6) is 0.749. The van der Waals surface area contributed by atoms with Crippen LogP contribution in [0.15, 0.2) is 35.6 Å². The molecule has 0 radical (unpaired) electrons. The van der Waals surface area contributed by atoms with Crippen LogP contribution >= 0.6 is 15.9 Å². The largest absolute Gasteiger partial charge is 0.488 e. The monoisotopic (exact) mass is 213 g/mol. The van der Waals surface area contributed by atoms with Crippen LogP contribution in [0.1, 0.15) is 0 Å². The van der Waals surface area contributed by atoms with Crippen LogP contribution in [-0.2, 0) is 0 Å². The van der Waals surface area contributed by atoms with Crippen LogP contribution < -0.4 is 4.74 Å². The van der Waals surface area contributed by atoms with Crippen molar-refractivity contribution >= 4 is 15.9 Å². The summed E-state index contributed by atoms with van der Waals surface area (Å²) in [5, 5.41) is 0. The Kier molecular flexibility index (Phi) is 3.11. The minimum absolute atomic E-state index is 0.512. The maximum Gasteiger partial charge on any atom is 0.139 e. The van der Waals surface area contributed by atoms with E-state index >= 15 is 0 Å². The molecule has 0 saturated carbocycles. The lowest BCUT2D eigenvalue weighted by Gasteiger charge is -2.00. The zero-order chi connectivity index (χ0) is 8.10. The molecular weight excluding hydrogens is 206 g/mol. The highest BCUT2D eigenvalue weighted by Gasteiger charge is 1.92. The van der Waals surface area contributed by atoms with Crippen molar-refractivity contribution in [3.63, 3.8) is 0 Å². The third kappa shape index (κ3) is 2.72. The van der Waals surface area contributed by atoms with E-state index in [1.54, 1.807) is 18.5 Å². The number of hydrogen-bond donors (Lipinski definition) is 0. The lowest BCUT2D eigenvalue weighted by molar-refractivity contribution is 0.361. The van der Waals surface area contributed by atoms with Crippen molar-refractivity contribution < 1.29 is 4.74 Å². The lowest BCUT2D eigenvalue weighted by Crippen LogP contribution is -1.92. The van der Waals surface area contributed by atoms with E-state index in [4.69, 9.17) is 4.74 Å². The molecule has 11 heavy (non-hydrogen) atoms. The van der Waals surface area contributed by atoms with Crippen LogP contribution in [0.5, 0.6) is 5.75 Å². The molecule has 0 spiro atoms. The van der Waals surface area contributed by atoms with E-state index in [0.717, 1.165) is 10.2 Å². The van der Waals surface area contributed by atoms with Gasteiger partial charge in [-0.2, -0.15) is 0 Å². The van der Waals surface area contributed by atoms with Crippen LogP contribution in [0.4, 0.5) is 0 Å².